The number of sulfone groups is 1. The lowest BCUT2D eigenvalue weighted by molar-refractivity contribution is 0.478. The predicted molar refractivity (Wildman–Crippen MR) is 121 cm³/mol. The Morgan fingerprint density at radius 1 is 1.19 bits per heavy atom. The van der Waals surface area contributed by atoms with Crippen LogP contribution in [0.4, 0.5) is 4.39 Å². The average Bonchev–Trinajstić information content (AvgIpc) is 2.61. The Kier molecular flexibility index (Phi) is 9.68. The van der Waals surface area contributed by atoms with E-state index in [0.717, 1.165) is 16.1 Å². The van der Waals surface area contributed by atoms with Gasteiger partial charge in [-0.05, 0) is 29.8 Å². The SMILES string of the molecule is CN=C(NCCS(=O)(=O)c1ccccc1F)N(C)Cc1ccc(Br)cc1.I. The Balaban J connectivity index is 0.00000364. The van der Waals surface area contributed by atoms with Crippen molar-refractivity contribution in [1.29, 1.82) is 0 Å². The van der Waals surface area contributed by atoms with Crippen LogP contribution in [-0.2, 0) is 16.4 Å². The zero-order chi connectivity index (χ0) is 19.2. The number of hydrogen-bond donors (Lipinski definition) is 1. The third kappa shape index (κ3) is 7.04. The summed E-state index contributed by atoms with van der Waals surface area (Å²) in [6.07, 6.45) is 0. The molecule has 9 heteroatoms. The van der Waals surface area contributed by atoms with Crippen molar-refractivity contribution < 1.29 is 12.8 Å². The number of hydrogen-bond acceptors (Lipinski definition) is 3. The van der Waals surface area contributed by atoms with Gasteiger partial charge in [0.2, 0.25) is 0 Å². The lowest BCUT2D eigenvalue weighted by atomic mass is 10.2. The molecule has 0 aliphatic rings. The molecule has 148 valence electrons. The third-order valence-corrected chi connectivity index (χ3v) is 6.00. The van der Waals surface area contributed by atoms with Crippen LogP contribution in [0.15, 0.2) is 62.9 Å². The molecule has 0 spiro atoms. The highest BCUT2D eigenvalue weighted by molar-refractivity contribution is 14.0. The lowest BCUT2D eigenvalue weighted by Crippen LogP contribution is -2.40. The zero-order valence-electron chi connectivity index (χ0n) is 15.0. The van der Waals surface area contributed by atoms with Gasteiger partial charge in [0.25, 0.3) is 0 Å². The van der Waals surface area contributed by atoms with E-state index in [1.54, 1.807) is 7.05 Å². The van der Waals surface area contributed by atoms with Crippen molar-refractivity contribution in [1.82, 2.24) is 10.2 Å². The van der Waals surface area contributed by atoms with Crippen LogP contribution in [0.1, 0.15) is 5.56 Å². The van der Waals surface area contributed by atoms with E-state index < -0.39 is 15.7 Å². The molecule has 2 rings (SSSR count). The molecule has 0 aliphatic carbocycles. The molecule has 27 heavy (non-hydrogen) atoms. The van der Waals surface area contributed by atoms with Crippen molar-refractivity contribution in [2.75, 3.05) is 26.4 Å². The number of guanidine groups is 1. The largest absolute Gasteiger partial charge is 0.355 e. The van der Waals surface area contributed by atoms with Gasteiger partial charge in [0, 0.05) is 31.7 Å². The van der Waals surface area contributed by atoms with Crippen LogP contribution in [-0.4, -0.2) is 45.7 Å². The van der Waals surface area contributed by atoms with E-state index >= 15 is 0 Å². The minimum absolute atomic E-state index is 0. The summed E-state index contributed by atoms with van der Waals surface area (Å²) >= 11 is 3.40. The normalized spacial score (nSPS) is 11.6. The van der Waals surface area contributed by atoms with E-state index in [9.17, 15) is 12.8 Å². The zero-order valence-corrected chi connectivity index (χ0v) is 19.8. The fourth-order valence-electron chi connectivity index (χ4n) is 2.43. The molecule has 0 saturated heterocycles. The maximum absolute atomic E-state index is 13.7. The first kappa shape index (κ1) is 23.8. The molecule has 0 saturated carbocycles. The maximum atomic E-state index is 13.7. The minimum atomic E-state index is -3.70. The van der Waals surface area contributed by atoms with E-state index in [2.05, 4.69) is 26.2 Å². The van der Waals surface area contributed by atoms with Gasteiger partial charge in [0.1, 0.15) is 10.7 Å². The molecule has 0 radical (unpaired) electrons. The van der Waals surface area contributed by atoms with Crippen molar-refractivity contribution in [3.05, 3.63) is 64.4 Å². The Bertz CT molecular complexity index is 876. The molecule has 0 heterocycles. The third-order valence-electron chi connectivity index (χ3n) is 3.73. The first-order valence-electron chi connectivity index (χ1n) is 7.97. The number of halogens is 3. The van der Waals surface area contributed by atoms with Crippen LogP contribution < -0.4 is 5.32 Å². The molecule has 0 amide bonds. The molecule has 0 aromatic heterocycles. The number of benzene rings is 2. The molecular weight excluding hydrogens is 548 g/mol. The summed E-state index contributed by atoms with van der Waals surface area (Å²) in [7, 11) is -0.206. The fraction of sp³-hybridized carbons (Fsp3) is 0.278. The summed E-state index contributed by atoms with van der Waals surface area (Å²) in [6.45, 7) is 0.751. The van der Waals surface area contributed by atoms with E-state index in [0.29, 0.717) is 12.5 Å². The van der Waals surface area contributed by atoms with Crippen LogP contribution in [0.3, 0.4) is 0 Å². The van der Waals surface area contributed by atoms with E-state index in [4.69, 9.17) is 0 Å². The summed E-state index contributed by atoms with van der Waals surface area (Å²) in [5.41, 5.74) is 1.10. The molecule has 2 aromatic carbocycles. The number of nitrogens with one attached hydrogen (secondary N) is 1. The molecule has 2 aromatic rings. The summed E-state index contributed by atoms with van der Waals surface area (Å²) in [6, 6.07) is 13.3. The number of rotatable bonds is 6. The van der Waals surface area contributed by atoms with Gasteiger partial charge in [0.05, 0.1) is 5.75 Å². The monoisotopic (exact) mass is 569 g/mol. The molecule has 5 nitrogen and oxygen atoms in total. The van der Waals surface area contributed by atoms with Crippen LogP contribution in [0.2, 0.25) is 0 Å². The van der Waals surface area contributed by atoms with Crippen molar-refractivity contribution in [3.8, 4) is 0 Å². The highest BCUT2D eigenvalue weighted by atomic mass is 127. The standard InChI is InChI=1S/C18H21BrFN3O2S.HI/c1-21-18(23(2)13-14-7-9-15(19)10-8-14)22-11-12-26(24,25)17-6-4-3-5-16(17)20;/h3-10H,11-13H2,1-2H3,(H,21,22);1H. The minimum Gasteiger partial charge on any atom is -0.355 e. The predicted octanol–water partition coefficient (Wildman–Crippen LogP) is 3.69. The van der Waals surface area contributed by atoms with Gasteiger partial charge in [-0.1, -0.05) is 40.2 Å². The quantitative estimate of drug-likeness (QED) is 0.327. The van der Waals surface area contributed by atoms with Crippen LogP contribution in [0.25, 0.3) is 0 Å². The Hall–Kier alpha value is -1.20. The summed E-state index contributed by atoms with van der Waals surface area (Å²) in [4.78, 5) is 5.77. The molecule has 0 bridgehead atoms. The number of aliphatic imine (C=N–C) groups is 1. The van der Waals surface area contributed by atoms with Crippen molar-refractivity contribution >= 4 is 55.7 Å². The smallest absolute Gasteiger partial charge is 0.193 e. The fourth-order valence-corrected chi connectivity index (χ4v) is 3.93. The van der Waals surface area contributed by atoms with Crippen LogP contribution in [0, 0.1) is 5.82 Å². The molecular formula is C18H22BrFIN3O2S. The topological polar surface area (TPSA) is 61.8 Å². The van der Waals surface area contributed by atoms with Gasteiger partial charge in [-0.3, -0.25) is 4.99 Å². The van der Waals surface area contributed by atoms with Crippen LogP contribution in [0.5, 0.6) is 0 Å². The summed E-state index contributed by atoms with van der Waals surface area (Å²) in [5, 5.41) is 3.01. The highest BCUT2D eigenvalue weighted by Crippen LogP contribution is 2.15. The molecule has 0 aliphatic heterocycles. The molecule has 0 unspecified atom stereocenters. The second-order valence-electron chi connectivity index (χ2n) is 5.71. The Labute approximate surface area is 185 Å². The van der Waals surface area contributed by atoms with Crippen LogP contribution >= 0.6 is 39.9 Å². The number of nitrogens with zero attached hydrogens (tertiary/aromatic N) is 2. The second kappa shape index (κ2) is 11.0. The summed E-state index contributed by atoms with van der Waals surface area (Å²) in [5.74, 6) is -0.389. The van der Waals surface area contributed by atoms with Crippen molar-refractivity contribution in [3.63, 3.8) is 0 Å². The van der Waals surface area contributed by atoms with Crippen molar-refractivity contribution in [2.24, 2.45) is 4.99 Å². The maximum Gasteiger partial charge on any atom is 0.193 e. The average molecular weight is 570 g/mol. The van der Waals surface area contributed by atoms with Gasteiger partial charge in [0.15, 0.2) is 15.8 Å². The Morgan fingerprint density at radius 2 is 1.81 bits per heavy atom. The Morgan fingerprint density at radius 3 is 2.41 bits per heavy atom. The van der Waals surface area contributed by atoms with E-state index in [1.165, 1.54) is 18.2 Å². The first-order chi connectivity index (χ1) is 12.3. The molecule has 0 fully saturated rings. The van der Waals surface area contributed by atoms with Gasteiger partial charge in [-0.25, -0.2) is 12.8 Å². The first-order valence-corrected chi connectivity index (χ1v) is 10.4. The van der Waals surface area contributed by atoms with Gasteiger partial charge in [-0.15, -0.1) is 24.0 Å². The van der Waals surface area contributed by atoms with Gasteiger partial charge < -0.3 is 10.2 Å². The van der Waals surface area contributed by atoms with E-state index in [1.807, 2.05) is 36.2 Å². The van der Waals surface area contributed by atoms with Gasteiger partial charge >= 0.3 is 0 Å². The highest BCUT2D eigenvalue weighted by Gasteiger charge is 2.18. The van der Waals surface area contributed by atoms with Crippen molar-refractivity contribution in [2.45, 2.75) is 11.4 Å². The molecule has 1 N–H and O–H groups in total. The summed E-state index contributed by atoms with van der Waals surface area (Å²) < 4.78 is 39.3. The second-order valence-corrected chi connectivity index (χ2v) is 8.70. The molecule has 0 atom stereocenters. The lowest BCUT2D eigenvalue weighted by Gasteiger charge is -2.22. The van der Waals surface area contributed by atoms with Gasteiger partial charge in [-0.2, -0.15) is 0 Å². The van der Waals surface area contributed by atoms with E-state index in [-0.39, 0.29) is 41.2 Å².